The summed E-state index contributed by atoms with van der Waals surface area (Å²) in [5.74, 6) is 0.606. The maximum atomic E-state index is 4.54. The Morgan fingerprint density at radius 2 is 2.27 bits per heavy atom. The Hall–Kier alpha value is -1.09. The number of nitrogens with one attached hydrogen (secondary N) is 1. The van der Waals surface area contributed by atoms with Gasteiger partial charge in [-0.2, -0.15) is 0 Å². The van der Waals surface area contributed by atoms with Gasteiger partial charge in [-0.25, -0.2) is 0 Å². The first-order chi connectivity index (χ1) is 7.27. The normalized spacial score (nSPS) is 21.3. The maximum Gasteiger partial charge on any atom is 0.0547 e. The van der Waals surface area contributed by atoms with Gasteiger partial charge in [-0.3, -0.25) is 4.98 Å². The molecule has 1 aliphatic rings. The fourth-order valence-electron chi connectivity index (χ4n) is 2.01. The molecule has 1 aromatic rings. The van der Waals surface area contributed by atoms with Gasteiger partial charge < -0.3 is 10.2 Å². The van der Waals surface area contributed by atoms with Crippen molar-refractivity contribution in [3.05, 3.63) is 24.0 Å². The highest BCUT2D eigenvalue weighted by Gasteiger charge is 2.15. The largest absolute Gasteiger partial charge is 0.376 e. The average molecular weight is 205 g/mol. The van der Waals surface area contributed by atoms with Crippen molar-refractivity contribution in [2.75, 3.05) is 32.1 Å². The molecule has 0 aromatic carbocycles. The second-order valence-electron chi connectivity index (χ2n) is 4.38. The Bertz CT molecular complexity index is 299. The average Bonchev–Trinajstić information content (AvgIpc) is 2.30. The van der Waals surface area contributed by atoms with Crippen LogP contribution in [0.25, 0.3) is 0 Å². The van der Waals surface area contributed by atoms with E-state index in [1.54, 1.807) is 0 Å². The van der Waals surface area contributed by atoms with Crippen LogP contribution in [0.15, 0.2) is 18.3 Å². The Morgan fingerprint density at radius 1 is 1.40 bits per heavy atom. The van der Waals surface area contributed by atoms with Crippen LogP contribution in [-0.2, 0) is 0 Å². The molecule has 0 amide bonds. The topological polar surface area (TPSA) is 28.2 Å². The Balaban J connectivity index is 2.08. The summed E-state index contributed by atoms with van der Waals surface area (Å²) in [5, 5.41) is 3.42. The molecule has 1 saturated heterocycles. The van der Waals surface area contributed by atoms with Gasteiger partial charge >= 0.3 is 0 Å². The van der Waals surface area contributed by atoms with Crippen LogP contribution in [0.1, 0.15) is 24.5 Å². The second kappa shape index (κ2) is 4.62. The van der Waals surface area contributed by atoms with E-state index in [2.05, 4.69) is 27.3 Å². The van der Waals surface area contributed by atoms with Gasteiger partial charge in [0, 0.05) is 32.3 Å². The lowest BCUT2D eigenvalue weighted by atomic mass is 9.96. The molecule has 15 heavy (non-hydrogen) atoms. The van der Waals surface area contributed by atoms with E-state index in [-0.39, 0.29) is 0 Å². The lowest BCUT2D eigenvalue weighted by Gasteiger charge is -2.22. The van der Waals surface area contributed by atoms with Crippen molar-refractivity contribution >= 4 is 5.69 Å². The van der Waals surface area contributed by atoms with Crippen LogP contribution in [0.2, 0.25) is 0 Å². The van der Waals surface area contributed by atoms with Gasteiger partial charge in [-0.15, -0.1) is 0 Å². The number of rotatable bonds is 2. The number of pyridine rings is 1. The predicted molar refractivity (Wildman–Crippen MR) is 63.4 cm³/mol. The molecule has 1 aromatic heterocycles. The third kappa shape index (κ3) is 2.48. The minimum atomic E-state index is 0.606. The van der Waals surface area contributed by atoms with Crippen molar-refractivity contribution in [3.8, 4) is 0 Å². The van der Waals surface area contributed by atoms with Gasteiger partial charge in [0.15, 0.2) is 0 Å². The molecule has 0 spiro atoms. The minimum Gasteiger partial charge on any atom is -0.376 e. The van der Waals surface area contributed by atoms with Crippen molar-refractivity contribution in [2.45, 2.75) is 18.8 Å². The molecule has 1 aliphatic heterocycles. The van der Waals surface area contributed by atoms with Gasteiger partial charge in [-0.05, 0) is 31.5 Å². The van der Waals surface area contributed by atoms with Crippen LogP contribution < -0.4 is 10.2 Å². The minimum absolute atomic E-state index is 0.606. The number of nitrogens with zero attached hydrogens (tertiary/aromatic N) is 2. The van der Waals surface area contributed by atoms with Crippen molar-refractivity contribution in [1.29, 1.82) is 0 Å². The van der Waals surface area contributed by atoms with Crippen molar-refractivity contribution in [3.63, 3.8) is 0 Å². The molecule has 0 radical (unpaired) electrons. The summed E-state index contributed by atoms with van der Waals surface area (Å²) in [6.07, 6.45) is 4.49. The summed E-state index contributed by atoms with van der Waals surface area (Å²) in [6.45, 7) is 2.24. The van der Waals surface area contributed by atoms with Crippen molar-refractivity contribution in [1.82, 2.24) is 10.3 Å². The molecule has 1 atom stereocenters. The summed E-state index contributed by atoms with van der Waals surface area (Å²) < 4.78 is 0. The van der Waals surface area contributed by atoms with Crippen LogP contribution in [0.3, 0.4) is 0 Å². The first-order valence-corrected chi connectivity index (χ1v) is 5.61. The zero-order valence-corrected chi connectivity index (χ0v) is 9.53. The highest BCUT2D eigenvalue weighted by molar-refractivity contribution is 5.42. The quantitative estimate of drug-likeness (QED) is 0.795. The molecular weight excluding hydrogens is 186 g/mol. The Labute approximate surface area is 91.5 Å². The maximum absolute atomic E-state index is 4.54. The SMILES string of the molecule is CN(C)c1ccc([C@H]2CCCNC2)nc1. The molecule has 3 nitrogen and oxygen atoms in total. The van der Waals surface area contributed by atoms with Gasteiger partial charge in [0.2, 0.25) is 0 Å². The van der Waals surface area contributed by atoms with E-state index in [1.807, 2.05) is 20.3 Å². The molecule has 0 aliphatic carbocycles. The monoisotopic (exact) mass is 205 g/mol. The molecule has 0 saturated carbocycles. The number of hydrogen-bond donors (Lipinski definition) is 1. The van der Waals surface area contributed by atoms with Gasteiger partial charge in [0.05, 0.1) is 11.9 Å². The smallest absolute Gasteiger partial charge is 0.0547 e. The van der Waals surface area contributed by atoms with Crippen LogP contribution >= 0.6 is 0 Å². The Morgan fingerprint density at radius 3 is 2.80 bits per heavy atom. The van der Waals surface area contributed by atoms with E-state index in [1.165, 1.54) is 24.2 Å². The van der Waals surface area contributed by atoms with E-state index < -0.39 is 0 Å². The molecule has 0 bridgehead atoms. The zero-order chi connectivity index (χ0) is 10.7. The molecule has 1 N–H and O–H groups in total. The third-order valence-corrected chi connectivity index (χ3v) is 3.00. The molecule has 2 heterocycles. The molecule has 3 heteroatoms. The standard InChI is InChI=1S/C12H19N3/c1-15(2)11-5-6-12(14-9-11)10-4-3-7-13-8-10/h5-6,9-10,13H,3-4,7-8H2,1-2H3/t10-/m0/s1. The zero-order valence-electron chi connectivity index (χ0n) is 9.53. The number of piperidine rings is 1. The van der Waals surface area contributed by atoms with Crippen LogP contribution in [0, 0.1) is 0 Å². The first-order valence-electron chi connectivity index (χ1n) is 5.61. The van der Waals surface area contributed by atoms with E-state index in [0.29, 0.717) is 5.92 Å². The van der Waals surface area contributed by atoms with E-state index in [4.69, 9.17) is 0 Å². The van der Waals surface area contributed by atoms with Crippen LogP contribution in [0.5, 0.6) is 0 Å². The highest BCUT2D eigenvalue weighted by atomic mass is 15.1. The summed E-state index contributed by atoms with van der Waals surface area (Å²) in [5.41, 5.74) is 2.40. The predicted octanol–water partition coefficient (Wildman–Crippen LogP) is 1.61. The second-order valence-corrected chi connectivity index (χ2v) is 4.38. The van der Waals surface area contributed by atoms with E-state index in [9.17, 15) is 0 Å². The summed E-state index contributed by atoms with van der Waals surface area (Å²) in [7, 11) is 4.08. The van der Waals surface area contributed by atoms with Crippen molar-refractivity contribution in [2.24, 2.45) is 0 Å². The summed E-state index contributed by atoms with van der Waals surface area (Å²) >= 11 is 0. The third-order valence-electron chi connectivity index (χ3n) is 3.00. The highest BCUT2D eigenvalue weighted by Crippen LogP contribution is 2.22. The van der Waals surface area contributed by atoms with Gasteiger partial charge in [-0.1, -0.05) is 0 Å². The van der Waals surface area contributed by atoms with Crippen molar-refractivity contribution < 1.29 is 0 Å². The number of anilines is 1. The number of hydrogen-bond acceptors (Lipinski definition) is 3. The van der Waals surface area contributed by atoms with Crippen LogP contribution in [-0.4, -0.2) is 32.2 Å². The fraction of sp³-hybridized carbons (Fsp3) is 0.583. The van der Waals surface area contributed by atoms with E-state index >= 15 is 0 Å². The number of aromatic nitrogens is 1. The first kappa shape index (κ1) is 10.4. The lowest BCUT2D eigenvalue weighted by Crippen LogP contribution is -2.28. The molecule has 0 unspecified atom stereocenters. The van der Waals surface area contributed by atoms with E-state index in [0.717, 1.165) is 13.1 Å². The fourth-order valence-corrected chi connectivity index (χ4v) is 2.01. The molecule has 82 valence electrons. The Kier molecular flexibility index (Phi) is 3.21. The van der Waals surface area contributed by atoms with Crippen LogP contribution in [0.4, 0.5) is 5.69 Å². The van der Waals surface area contributed by atoms with Gasteiger partial charge in [0.25, 0.3) is 0 Å². The molecule has 2 rings (SSSR count). The summed E-state index contributed by atoms with van der Waals surface area (Å²) in [4.78, 5) is 6.62. The molecular formula is C12H19N3. The lowest BCUT2D eigenvalue weighted by molar-refractivity contribution is 0.455. The molecule has 1 fully saturated rings. The van der Waals surface area contributed by atoms with Gasteiger partial charge in [0.1, 0.15) is 0 Å². The summed E-state index contributed by atoms with van der Waals surface area (Å²) in [6, 6.07) is 4.31.